The van der Waals surface area contributed by atoms with Crippen LogP contribution in [0.2, 0.25) is 10.0 Å². The molecule has 1 aromatic rings. The number of halogens is 3. The van der Waals surface area contributed by atoms with E-state index in [0.717, 1.165) is 0 Å². The fourth-order valence-corrected chi connectivity index (χ4v) is 1.18. The first-order valence-electron chi connectivity index (χ1n) is 2.64. The zero-order chi connectivity index (χ0) is 7.72. The molecule has 0 bridgehead atoms. The van der Waals surface area contributed by atoms with Gasteiger partial charge in [0, 0.05) is 6.07 Å². The summed E-state index contributed by atoms with van der Waals surface area (Å²) in [5.41, 5.74) is 0.345. The molecular weight excluding hydrogens is 174 g/mol. The molecule has 0 saturated heterocycles. The van der Waals surface area contributed by atoms with Crippen LogP contribution in [0.3, 0.4) is 0 Å². The Hall–Kier alpha value is -0.270. The Balaban J connectivity index is 3.31. The summed E-state index contributed by atoms with van der Waals surface area (Å²) in [4.78, 5) is 0. The van der Waals surface area contributed by atoms with E-state index in [-0.39, 0.29) is 5.02 Å². The van der Waals surface area contributed by atoms with Gasteiger partial charge in [0.25, 0.3) is 0 Å². The topological polar surface area (TPSA) is 0 Å². The molecule has 0 N–H and O–H groups in total. The zero-order valence-electron chi connectivity index (χ0n) is 5.21. The predicted octanol–water partition coefficient (Wildman–Crippen LogP) is 3.24. The molecule has 0 aliphatic carbocycles. The molecule has 0 atom stereocenters. The lowest BCUT2D eigenvalue weighted by molar-refractivity contribution is 0.618. The van der Waals surface area contributed by atoms with Crippen molar-refractivity contribution in [2.75, 3.05) is 0 Å². The van der Waals surface area contributed by atoms with Gasteiger partial charge in [-0.25, -0.2) is 4.39 Å². The van der Waals surface area contributed by atoms with Crippen molar-refractivity contribution in [2.45, 2.75) is 6.92 Å². The van der Waals surface area contributed by atoms with E-state index in [0.29, 0.717) is 10.6 Å². The van der Waals surface area contributed by atoms with E-state index in [1.54, 1.807) is 6.92 Å². The minimum Gasteiger partial charge on any atom is -0.205 e. The number of hydrogen-bond acceptors (Lipinski definition) is 0. The van der Waals surface area contributed by atoms with Gasteiger partial charge in [0.2, 0.25) is 0 Å². The highest BCUT2D eigenvalue weighted by Crippen LogP contribution is 2.22. The van der Waals surface area contributed by atoms with Crippen LogP contribution >= 0.6 is 23.2 Å². The SMILES string of the molecule is Cc1[c]c(Cl)cc(Cl)c1F. The summed E-state index contributed by atoms with van der Waals surface area (Å²) >= 11 is 11.0. The molecule has 10 heavy (non-hydrogen) atoms. The average molecular weight is 178 g/mol. The molecule has 1 radical (unpaired) electrons. The Kier molecular flexibility index (Phi) is 2.17. The predicted molar refractivity (Wildman–Crippen MR) is 40.0 cm³/mol. The molecule has 0 fully saturated rings. The number of aryl methyl sites for hydroxylation is 1. The molecule has 0 aliphatic rings. The largest absolute Gasteiger partial charge is 0.205 e. The lowest BCUT2D eigenvalue weighted by atomic mass is 10.2. The van der Waals surface area contributed by atoms with Crippen LogP contribution in [0.5, 0.6) is 0 Å². The maximum Gasteiger partial charge on any atom is 0.145 e. The Bertz CT molecular complexity index is 235. The summed E-state index contributed by atoms with van der Waals surface area (Å²) in [6.07, 6.45) is 0. The van der Waals surface area contributed by atoms with Gasteiger partial charge in [-0.3, -0.25) is 0 Å². The maximum absolute atomic E-state index is 12.7. The van der Waals surface area contributed by atoms with Gasteiger partial charge in [-0.2, -0.15) is 0 Å². The fraction of sp³-hybridized carbons (Fsp3) is 0.143. The van der Waals surface area contributed by atoms with Crippen LogP contribution in [-0.4, -0.2) is 0 Å². The Morgan fingerprint density at radius 2 is 2.10 bits per heavy atom. The zero-order valence-corrected chi connectivity index (χ0v) is 6.72. The van der Waals surface area contributed by atoms with Crippen molar-refractivity contribution in [1.82, 2.24) is 0 Å². The lowest BCUT2D eigenvalue weighted by Crippen LogP contribution is -1.83. The molecule has 0 heterocycles. The molecule has 0 aliphatic heterocycles. The van der Waals surface area contributed by atoms with E-state index >= 15 is 0 Å². The van der Waals surface area contributed by atoms with Crippen molar-refractivity contribution in [3.63, 3.8) is 0 Å². The average Bonchev–Trinajstić information content (AvgIpc) is 1.82. The number of hydrogen-bond donors (Lipinski definition) is 0. The second-order valence-corrected chi connectivity index (χ2v) is 2.72. The first-order valence-corrected chi connectivity index (χ1v) is 3.40. The standard InChI is InChI=1S/C7H4Cl2F/c1-4-2-5(8)3-6(9)7(4)10/h3H,1H3. The van der Waals surface area contributed by atoms with E-state index < -0.39 is 5.82 Å². The van der Waals surface area contributed by atoms with Gasteiger partial charge in [0.05, 0.1) is 10.0 Å². The Labute approximate surface area is 68.6 Å². The van der Waals surface area contributed by atoms with Crippen LogP contribution < -0.4 is 0 Å². The van der Waals surface area contributed by atoms with Crippen LogP contribution in [0.15, 0.2) is 6.07 Å². The second kappa shape index (κ2) is 2.77. The summed E-state index contributed by atoms with van der Waals surface area (Å²) < 4.78 is 12.7. The summed E-state index contributed by atoms with van der Waals surface area (Å²) in [6.45, 7) is 1.56. The van der Waals surface area contributed by atoms with Crippen molar-refractivity contribution in [2.24, 2.45) is 0 Å². The molecule has 0 spiro atoms. The van der Waals surface area contributed by atoms with Crippen molar-refractivity contribution < 1.29 is 4.39 Å². The van der Waals surface area contributed by atoms with E-state index in [2.05, 4.69) is 6.07 Å². The fourth-order valence-electron chi connectivity index (χ4n) is 0.624. The summed E-state index contributed by atoms with van der Waals surface area (Å²) in [5.74, 6) is -0.453. The first kappa shape index (κ1) is 7.83. The van der Waals surface area contributed by atoms with Crippen LogP contribution in [-0.2, 0) is 0 Å². The molecule has 0 nitrogen and oxygen atoms in total. The smallest absolute Gasteiger partial charge is 0.145 e. The first-order chi connectivity index (χ1) is 4.61. The molecule has 0 unspecified atom stereocenters. The van der Waals surface area contributed by atoms with Crippen LogP contribution in [0.4, 0.5) is 4.39 Å². The monoisotopic (exact) mass is 177 g/mol. The second-order valence-electron chi connectivity index (χ2n) is 1.90. The van der Waals surface area contributed by atoms with Gasteiger partial charge in [-0.05, 0) is 18.6 Å². The third kappa shape index (κ3) is 1.41. The van der Waals surface area contributed by atoms with Crippen molar-refractivity contribution >= 4 is 23.2 Å². The van der Waals surface area contributed by atoms with Gasteiger partial charge in [-0.15, -0.1) is 0 Å². The van der Waals surface area contributed by atoms with Crippen molar-refractivity contribution in [1.29, 1.82) is 0 Å². The molecule has 53 valence electrons. The van der Waals surface area contributed by atoms with Crippen LogP contribution in [0, 0.1) is 18.8 Å². The van der Waals surface area contributed by atoms with Crippen LogP contribution in [0.1, 0.15) is 5.56 Å². The molecule has 1 rings (SSSR count). The Morgan fingerprint density at radius 1 is 1.50 bits per heavy atom. The van der Waals surface area contributed by atoms with Gasteiger partial charge < -0.3 is 0 Å². The number of rotatable bonds is 0. The molecule has 0 saturated carbocycles. The quantitative estimate of drug-likeness (QED) is 0.535. The third-order valence-electron chi connectivity index (χ3n) is 1.10. The van der Waals surface area contributed by atoms with Gasteiger partial charge >= 0.3 is 0 Å². The normalized spacial score (nSPS) is 10.0. The van der Waals surface area contributed by atoms with E-state index in [1.807, 2.05) is 0 Å². The highest BCUT2D eigenvalue weighted by Gasteiger charge is 2.03. The minimum atomic E-state index is -0.453. The van der Waals surface area contributed by atoms with Crippen LogP contribution in [0.25, 0.3) is 0 Å². The maximum atomic E-state index is 12.7. The molecule has 0 aromatic heterocycles. The van der Waals surface area contributed by atoms with Crippen molar-refractivity contribution in [3.05, 3.63) is 33.6 Å². The molecule has 0 amide bonds. The summed E-state index contributed by atoms with van der Waals surface area (Å²) in [7, 11) is 0. The highest BCUT2D eigenvalue weighted by atomic mass is 35.5. The summed E-state index contributed by atoms with van der Waals surface area (Å²) in [5, 5.41) is 0.380. The minimum absolute atomic E-state index is 0.0428. The molecule has 3 heteroatoms. The lowest BCUT2D eigenvalue weighted by Gasteiger charge is -1.97. The molecule has 1 aromatic carbocycles. The molecular formula is C7H4Cl2F. The Morgan fingerprint density at radius 3 is 2.60 bits per heavy atom. The van der Waals surface area contributed by atoms with Gasteiger partial charge in [0.15, 0.2) is 0 Å². The van der Waals surface area contributed by atoms with E-state index in [1.165, 1.54) is 6.07 Å². The summed E-state index contributed by atoms with van der Waals surface area (Å²) in [6, 6.07) is 3.91. The number of benzene rings is 1. The van der Waals surface area contributed by atoms with Crippen molar-refractivity contribution in [3.8, 4) is 0 Å². The highest BCUT2D eigenvalue weighted by molar-refractivity contribution is 6.34. The van der Waals surface area contributed by atoms with E-state index in [9.17, 15) is 4.39 Å². The van der Waals surface area contributed by atoms with Gasteiger partial charge in [-0.1, -0.05) is 23.2 Å². The van der Waals surface area contributed by atoms with E-state index in [4.69, 9.17) is 23.2 Å². The third-order valence-corrected chi connectivity index (χ3v) is 1.58. The van der Waals surface area contributed by atoms with Gasteiger partial charge in [0.1, 0.15) is 5.82 Å².